The number of nitrogens with one attached hydrogen (secondary N) is 1. The Balaban J connectivity index is 2.42. The van der Waals surface area contributed by atoms with E-state index in [9.17, 15) is 0 Å². The van der Waals surface area contributed by atoms with Crippen molar-refractivity contribution in [2.45, 2.75) is 6.92 Å². The third-order valence-electron chi connectivity index (χ3n) is 2.92. The molecule has 0 spiro atoms. The monoisotopic (exact) mass is 290 g/mol. The summed E-state index contributed by atoms with van der Waals surface area (Å²) in [6, 6.07) is 3.58. The van der Waals surface area contributed by atoms with Gasteiger partial charge in [0.05, 0.1) is 21.3 Å². The second kappa shape index (κ2) is 6.17. The van der Waals surface area contributed by atoms with Crippen LogP contribution < -0.4 is 25.3 Å². The first-order chi connectivity index (χ1) is 10.1. The topological polar surface area (TPSA) is 91.5 Å². The summed E-state index contributed by atoms with van der Waals surface area (Å²) in [5.41, 5.74) is 7.22. The average molecular weight is 290 g/mol. The van der Waals surface area contributed by atoms with Gasteiger partial charge in [-0.25, -0.2) is 4.98 Å². The van der Waals surface area contributed by atoms with Crippen molar-refractivity contribution in [1.29, 1.82) is 0 Å². The van der Waals surface area contributed by atoms with E-state index in [1.807, 2.05) is 6.92 Å². The normalized spacial score (nSPS) is 10.1. The number of benzene rings is 1. The van der Waals surface area contributed by atoms with Crippen LogP contribution >= 0.6 is 0 Å². The highest BCUT2D eigenvalue weighted by molar-refractivity contribution is 5.67. The molecule has 1 aromatic heterocycles. The summed E-state index contributed by atoms with van der Waals surface area (Å²) in [5, 5.41) is 3.17. The molecule has 0 saturated carbocycles. The third-order valence-corrected chi connectivity index (χ3v) is 2.92. The second-order valence-corrected chi connectivity index (χ2v) is 4.30. The maximum Gasteiger partial charge on any atom is 0.221 e. The van der Waals surface area contributed by atoms with Gasteiger partial charge in [-0.2, -0.15) is 4.98 Å². The lowest BCUT2D eigenvalue weighted by Crippen LogP contribution is -2.03. The number of rotatable bonds is 5. The highest BCUT2D eigenvalue weighted by Gasteiger charge is 2.14. The lowest BCUT2D eigenvalue weighted by Gasteiger charge is -2.15. The van der Waals surface area contributed by atoms with Crippen LogP contribution in [0, 0.1) is 6.92 Å². The van der Waals surface area contributed by atoms with Gasteiger partial charge in [0, 0.05) is 29.6 Å². The van der Waals surface area contributed by atoms with E-state index >= 15 is 0 Å². The van der Waals surface area contributed by atoms with Crippen LogP contribution in [0.2, 0.25) is 0 Å². The Hall–Kier alpha value is -2.70. The highest BCUT2D eigenvalue weighted by atomic mass is 16.5. The number of nitrogen functional groups attached to an aromatic ring is 1. The first-order valence-corrected chi connectivity index (χ1v) is 6.25. The number of hydrogen-bond acceptors (Lipinski definition) is 7. The Labute approximate surface area is 123 Å². The molecule has 0 radical (unpaired) electrons. The number of nitrogens with zero attached hydrogens (tertiary/aromatic N) is 2. The first-order valence-electron chi connectivity index (χ1n) is 6.25. The SMILES string of the molecule is COc1cc(Nc2nc(N)ncc2C)cc(OC)c1OC. The van der Waals surface area contributed by atoms with Crippen LogP contribution in [-0.4, -0.2) is 31.3 Å². The van der Waals surface area contributed by atoms with Crippen LogP contribution in [0.5, 0.6) is 17.2 Å². The predicted octanol–water partition coefficient (Wildman–Crippen LogP) is 2.14. The first kappa shape index (κ1) is 14.7. The highest BCUT2D eigenvalue weighted by Crippen LogP contribution is 2.40. The smallest absolute Gasteiger partial charge is 0.221 e. The van der Waals surface area contributed by atoms with Gasteiger partial charge in [-0.05, 0) is 6.92 Å². The minimum Gasteiger partial charge on any atom is -0.493 e. The number of nitrogens with two attached hydrogens (primary N) is 1. The third kappa shape index (κ3) is 3.07. The Morgan fingerprint density at radius 3 is 2.19 bits per heavy atom. The van der Waals surface area contributed by atoms with Crippen molar-refractivity contribution < 1.29 is 14.2 Å². The molecule has 1 heterocycles. The van der Waals surface area contributed by atoms with E-state index in [0.29, 0.717) is 23.1 Å². The molecule has 7 nitrogen and oxygen atoms in total. The lowest BCUT2D eigenvalue weighted by molar-refractivity contribution is 0.324. The van der Waals surface area contributed by atoms with Crippen molar-refractivity contribution >= 4 is 17.5 Å². The fraction of sp³-hybridized carbons (Fsp3) is 0.286. The van der Waals surface area contributed by atoms with Crippen molar-refractivity contribution in [3.05, 3.63) is 23.9 Å². The maximum atomic E-state index is 5.61. The number of hydrogen-bond donors (Lipinski definition) is 2. The molecule has 0 atom stereocenters. The molecule has 1 aromatic carbocycles. The molecule has 0 unspecified atom stereocenters. The molecule has 0 aliphatic rings. The van der Waals surface area contributed by atoms with Crippen LogP contribution in [0.25, 0.3) is 0 Å². The quantitative estimate of drug-likeness (QED) is 0.871. The van der Waals surface area contributed by atoms with Gasteiger partial charge in [0.25, 0.3) is 0 Å². The fourth-order valence-corrected chi connectivity index (χ4v) is 1.87. The Morgan fingerprint density at radius 1 is 1.05 bits per heavy atom. The molecule has 2 aromatic rings. The van der Waals surface area contributed by atoms with Gasteiger partial charge in [-0.3, -0.25) is 0 Å². The number of aryl methyl sites for hydroxylation is 1. The van der Waals surface area contributed by atoms with Crippen LogP contribution in [-0.2, 0) is 0 Å². The van der Waals surface area contributed by atoms with Crippen molar-refractivity contribution in [3.63, 3.8) is 0 Å². The molecule has 0 bridgehead atoms. The minimum atomic E-state index is 0.204. The van der Waals surface area contributed by atoms with E-state index in [-0.39, 0.29) is 5.95 Å². The number of methoxy groups -OCH3 is 3. The molecule has 0 saturated heterocycles. The molecule has 112 valence electrons. The van der Waals surface area contributed by atoms with Crippen molar-refractivity contribution in [3.8, 4) is 17.2 Å². The van der Waals surface area contributed by atoms with Crippen LogP contribution in [0.1, 0.15) is 5.56 Å². The summed E-state index contributed by atoms with van der Waals surface area (Å²) in [6.45, 7) is 1.89. The largest absolute Gasteiger partial charge is 0.493 e. The van der Waals surface area contributed by atoms with Crippen LogP contribution in [0.3, 0.4) is 0 Å². The molecule has 2 rings (SSSR count). The fourth-order valence-electron chi connectivity index (χ4n) is 1.87. The zero-order valence-electron chi connectivity index (χ0n) is 12.4. The molecule has 7 heteroatoms. The van der Waals surface area contributed by atoms with Gasteiger partial charge in [0.2, 0.25) is 11.7 Å². The number of ether oxygens (including phenoxy) is 3. The Morgan fingerprint density at radius 2 is 1.67 bits per heavy atom. The second-order valence-electron chi connectivity index (χ2n) is 4.30. The van der Waals surface area contributed by atoms with E-state index in [4.69, 9.17) is 19.9 Å². The molecule has 0 amide bonds. The van der Waals surface area contributed by atoms with Crippen molar-refractivity contribution in [2.75, 3.05) is 32.4 Å². The van der Waals surface area contributed by atoms with Gasteiger partial charge in [-0.1, -0.05) is 0 Å². The summed E-state index contributed by atoms with van der Waals surface area (Å²) >= 11 is 0. The van der Waals surface area contributed by atoms with Gasteiger partial charge in [0.15, 0.2) is 11.5 Å². The average Bonchev–Trinajstić information content (AvgIpc) is 2.49. The summed E-state index contributed by atoms with van der Waals surface area (Å²) in [6.07, 6.45) is 1.66. The lowest BCUT2D eigenvalue weighted by atomic mass is 10.2. The molecular weight excluding hydrogens is 272 g/mol. The van der Waals surface area contributed by atoms with Gasteiger partial charge in [-0.15, -0.1) is 0 Å². The van der Waals surface area contributed by atoms with Crippen molar-refractivity contribution in [2.24, 2.45) is 0 Å². The summed E-state index contributed by atoms with van der Waals surface area (Å²) < 4.78 is 15.9. The number of anilines is 3. The van der Waals surface area contributed by atoms with Crippen LogP contribution in [0.15, 0.2) is 18.3 Å². The van der Waals surface area contributed by atoms with Crippen molar-refractivity contribution in [1.82, 2.24) is 9.97 Å². The molecule has 0 aliphatic heterocycles. The minimum absolute atomic E-state index is 0.204. The van der Waals surface area contributed by atoms with E-state index in [0.717, 1.165) is 11.3 Å². The standard InChI is InChI=1S/C14H18N4O3/c1-8-7-16-14(15)18-13(8)17-9-5-10(19-2)12(21-4)11(6-9)20-3/h5-7H,1-4H3,(H3,15,16,17,18). The zero-order chi connectivity index (χ0) is 15.4. The Kier molecular flexibility index (Phi) is 4.32. The van der Waals surface area contributed by atoms with E-state index in [1.54, 1.807) is 39.7 Å². The van der Waals surface area contributed by atoms with E-state index < -0.39 is 0 Å². The maximum absolute atomic E-state index is 5.61. The molecule has 0 fully saturated rings. The molecule has 3 N–H and O–H groups in total. The van der Waals surface area contributed by atoms with Gasteiger partial charge in [0.1, 0.15) is 5.82 Å². The van der Waals surface area contributed by atoms with E-state index in [2.05, 4.69) is 15.3 Å². The van der Waals surface area contributed by atoms with E-state index in [1.165, 1.54) is 0 Å². The van der Waals surface area contributed by atoms with Gasteiger partial charge < -0.3 is 25.3 Å². The number of aromatic nitrogens is 2. The summed E-state index contributed by atoms with van der Waals surface area (Å²) in [5.74, 6) is 2.47. The van der Waals surface area contributed by atoms with Gasteiger partial charge >= 0.3 is 0 Å². The molecular formula is C14H18N4O3. The van der Waals surface area contributed by atoms with Crippen LogP contribution in [0.4, 0.5) is 17.5 Å². The molecule has 0 aliphatic carbocycles. The Bertz CT molecular complexity index is 621. The predicted molar refractivity (Wildman–Crippen MR) is 80.6 cm³/mol. The zero-order valence-corrected chi connectivity index (χ0v) is 12.4. The summed E-state index contributed by atoms with van der Waals surface area (Å²) in [4.78, 5) is 8.10. The molecule has 21 heavy (non-hydrogen) atoms. The summed E-state index contributed by atoms with van der Waals surface area (Å²) in [7, 11) is 4.69.